The first-order valence-corrected chi connectivity index (χ1v) is 4.74. The molecule has 78 valence electrons. The summed E-state index contributed by atoms with van der Waals surface area (Å²) in [5, 5.41) is 17.3. The van der Waals surface area contributed by atoms with E-state index in [0.717, 1.165) is 19.3 Å². The molecule has 3 heteroatoms. The van der Waals surface area contributed by atoms with Gasteiger partial charge in [0.1, 0.15) is 0 Å². The Morgan fingerprint density at radius 1 is 1.31 bits per heavy atom. The second-order valence-electron chi connectivity index (χ2n) is 4.66. The van der Waals surface area contributed by atoms with Crippen molar-refractivity contribution >= 4 is 5.97 Å². The van der Waals surface area contributed by atoms with Gasteiger partial charge in [-0.2, -0.15) is 0 Å². The molecule has 1 atom stereocenters. The van der Waals surface area contributed by atoms with Crippen molar-refractivity contribution in [3.63, 3.8) is 0 Å². The molecule has 0 saturated carbocycles. The predicted octanol–water partition coefficient (Wildman–Crippen LogP) is 2.04. The summed E-state index contributed by atoms with van der Waals surface area (Å²) in [5.74, 6) is -1.12. The van der Waals surface area contributed by atoms with E-state index in [9.17, 15) is 4.79 Å². The summed E-state index contributed by atoms with van der Waals surface area (Å²) in [6, 6.07) is 0. The number of aliphatic hydroxyl groups is 1. The number of aliphatic carboxylic acids is 1. The van der Waals surface area contributed by atoms with Crippen LogP contribution in [0.4, 0.5) is 0 Å². The molecule has 0 spiro atoms. The van der Waals surface area contributed by atoms with E-state index in [1.807, 2.05) is 0 Å². The first-order chi connectivity index (χ1) is 5.83. The summed E-state index contributed by atoms with van der Waals surface area (Å²) in [4.78, 5) is 10.2. The van der Waals surface area contributed by atoms with Crippen molar-refractivity contribution in [2.45, 2.75) is 52.6 Å². The highest BCUT2D eigenvalue weighted by atomic mass is 16.4. The lowest BCUT2D eigenvalue weighted by Crippen LogP contribution is -2.19. The van der Waals surface area contributed by atoms with Crippen molar-refractivity contribution in [1.29, 1.82) is 0 Å². The van der Waals surface area contributed by atoms with Crippen molar-refractivity contribution in [2.24, 2.45) is 5.41 Å². The molecule has 0 aromatic heterocycles. The predicted molar refractivity (Wildman–Crippen MR) is 51.6 cm³/mol. The van der Waals surface area contributed by atoms with Crippen molar-refractivity contribution < 1.29 is 15.0 Å². The molecular weight excluding hydrogens is 168 g/mol. The molecule has 0 aliphatic rings. The van der Waals surface area contributed by atoms with Gasteiger partial charge < -0.3 is 10.2 Å². The molecule has 2 N–H and O–H groups in total. The summed E-state index contributed by atoms with van der Waals surface area (Å²) in [5.41, 5.74) is 0.300. The van der Waals surface area contributed by atoms with Crippen LogP contribution < -0.4 is 0 Å². The molecule has 0 heterocycles. The molecule has 13 heavy (non-hydrogen) atoms. The fourth-order valence-corrected chi connectivity index (χ4v) is 1.12. The Kier molecular flexibility index (Phi) is 4.99. The van der Waals surface area contributed by atoms with Crippen LogP contribution in [0.2, 0.25) is 0 Å². The number of carbonyl (C=O) groups is 1. The van der Waals surface area contributed by atoms with Gasteiger partial charge >= 0.3 is 5.97 Å². The van der Waals surface area contributed by atoms with Gasteiger partial charge in [-0.1, -0.05) is 33.6 Å². The van der Waals surface area contributed by atoms with Crippen molar-refractivity contribution in [3.8, 4) is 0 Å². The van der Waals surface area contributed by atoms with Gasteiger partial charge in [-0.25, -0.2) is 4.79 Å². The third-order valence-electron chi connectivity index (χ3n) is 1.94. The smallest absolute Gasteiger partial charge is 0.332 e. The molecule has 0 fully saturated rings. The number of aliphatic hydroxyl groups excluding tert-OH is 1. The highest BCUT2D eigenvalue weighted by Crippen LogP contribution is 2.22. The second kappa shape index (κ2) is 5.22. The van der Waals surface area contributed by atoms with Gasteiger partial charge in [-0.3, -0.25) is 0 Å². The zero-order valence-corrected chi connectivity index (χ0v) is 8.71. The number of carboxylic acid groups (broad SMARTS) is 1. The third-order valence-corrected chi connectivity index (χ3v) is 1.94. The Hall–Kier alpha value is -0.570. The first kappa shape index (κ1) is 12.4. The SMILES string of the molecule is CC(C)(C)CCCCC(O)C(=O)O. The van der Waals surface area contributed by atoms with Crippen molar-refractivity contribution in [1.82, 2.24) is 0 Å². The van der Waals surface area contributed by atoms with E-state index in [1.54, 1.807) is 0 Å². The fraction of sp³-hybridized carbons (Fsp3) is 0.900. The molecule has 0 aliphatic carbocycles. The normalized spacial score (nSPS) is 14.2. The van der Waals surface area contributed by atoms with Crippen LogP contribution in [0, 0.1) is 5.41 Å². The van der Waals surface area contributed by atoms with Crippen molar-refractivity contribution in [2.75, 3.05) is 0 Å². The maximum atomic E-state index is 10.2. The number of hydrogen-bond donors (Lipinski definition) is 2. The van der Waals surface area contributed by atoms with Crippen molar-refractivity contribution in [3.05, 3.63) is 0 Å². The van der Waals surface area contributed by atoms with E-state index in [0.29, 0.717) is 11.8 Å². The molecule has 0 rings (SSSR count). The minimum absolute atomic E-state index is 0.300. The van der Waals surface area contributed by atoms with E-state index in [4.69, 9.17) is 10.2 Å². The molecule has 0 aromatic rings. The van der Waals surface area contributed by atoms with Gasteiger partial charge in [0, 0.05) is 0 Å². The standard InChI is InChI=1S/C10H20O3/c1-10(2,3)7-5-4-6-8(11)9(12)13/h8,11H,4-7H2,1-3H3,(H,12,13). The zero-order valence-electron chi connectivity index (χ0n) is 8.71. The van der Waals surface area contributed by atoms with Gasteiger partial charge in [0.15, 0.2) is 6.10 Å². The van der Waals surface area contributed by atoms with Gasteiger partial charge in [-0.15, -0.1) is 0 Å². The maximum Gasteiger partial charge on any atom is 0.332 e. The average molecular weight is 188 g/mol. The Morgan fingerprint density at radius 2 is 1.85 bits per heavy atom. The maximum absolute atomic E-state index is 10.2. The van der Waals surface area contributed by atoms with Gasteiger partial charge in [-0.05, 0) is 18.3 Å². The summed E-state index contributed by atoms with van der Waals surface area (Å²) >= 11 is 0. The third kappa shape index (κ3) is 7.78. The van der Waals surface area contributed by atoms with Crippen LogP contribution in [-0.4, -0.2) is 22.3 Å². The molecule has 0 aliphatic heterocycles. The lowest BCUT2D eigenvalue weighted by atomic mass is 9.89. The molecule has 0 radical (unpaired) electrons. The van der Waals surface area contributed by atoms with E-state index >= 15 is 0 Å². The second-order valence-corrected chi connectivity index (χ2v) is 4.66. The number of carboxylic acids is 1. The molecule has 3 nitrogen and oxygen atoms in total. The van der Waals surface area contributed by atoms with Gasteiger partial charge in [0.05, 0.1) is 0 Å². The molecule has 0 amide bonds. The molecule has 1 unspecified atom stereocenters. The largest absolute Gasteiger partial charge is 0.479 e. The number of unbranched alkanes of at least 4 members (excludes halogenated alkanes) is 1. The zero-order chi connectivity index (χ0) is 10.5. The fourth-order valence-electron chi connectivity index (χ4n) is 1.12. The van der Waals surface area contributed by atoms with Crippen LogP contribution in [-0.2, 0) is 4.79 Å². The van der Waals surface area contributed by atoms with Gasteiger partial charge in [0.2, 0.25) is 0 Å². The minimum atomic E-state index is -1.18. The molecule has 0 saturated heterocycles. The highest BCUT2D eigenvalue weighted by molar-refractivity contribution is 5.71. The highest BCUT2D eigenvalue weighted by Gasteiger charge is 2.13. The van der Waals surface area contributed by atoms with Crippen LogP contribution in [0.15, 0.2) is 0 Å². The first-order valence-electron chi connectivity index (χ1n) is 4.74. The van der Waals surface area contributed by atoms with Gasteiger partial charge in [0.25, 0.3) is 0 Å². The average Bonchev–Trinajstić information content (AvgIpc) is 1.95. The van der Waals surface area contributed by atoms with E-state index in [1.165, 1.54) is 0 Å². The monoisotopic (exact) mass is 188 g/mol. The van der Waals surface area contributed by atoms with Crippen LogP contribution in [0.5, 0.6) is 0 Å². The Morgan fingerprint density at radius 3 is 2.23 bits per heavy atom. The molecular formula is C10H20O3. The summed E-state index contributed by atoms with van der Waals surface area (Å²) < 4.78 is 0. The van der Waals surface area contributed by atoms with Crippen LogP contribution in [0.25, 0.3) is 0 Å². The minimum Gasteiger partial charge on any atom is -0.479 e. The molecule has 0 aromatic carbocycles. The lowest BCUT2D eigenvalue weighted by molar-refractivity contribution is -0.146. The Labute approximate surface area is 79.8 Å². The van der Waals surface area contributed by atoms with E-state index in [-0.39, 0.29) is 0 Å². The Balaban J connectivity index is 3.41. The molecule has 0 bridgehead atoms. The van der Waals surface area contributed by atoms with Crippen LogP contribution in [0.1, 0.15) is 46.5 Å². The van der Waals surface area contributed by atoms with E-state index < -0.39 is 12.1 Å². The number of rotatable bonds is 5. The quantitative estimate of drug-likeness (QED) is 0.649. The number of hydrogen-bond acceptors (Lipinski definition) is 2. The van der Waals surface area contributed by atoms with Crippen LogP contribution in [0.3, 0.4) is 0 Å². The topological polar surface area (TPSA) is 57.5 Å². The summed E-state index contributed by atoms with van der Waals surface area (Å²) in [6.45, 7) is 6.46. The lowest BCUT2D eigenvalue weighted by Gasteiger charge is -2.17. The summed E-state index contributed by atoms with van der Waals surface area (Å²) in [7, 11) is 0. The van der Waals surface area contributed by atoms with E-state index in [2.05, 4.69) is 20.8 Å². The van der Waals surface area contributed by atoms with Crippen LogP contribution >= 0.6 is 0 Å². The Bertz CT molecular complexity index is 158. The summed E-state index contributed by atoms with van der Waals surface area (Å²) in [6.07, 6.45) is 2.02.